The molecule has 0 amide bonds. The van der Waals surface area contributed by atoms with Gasteiger partial charge in [0.2, 0.25) is 0 Å². The third kappa shape index (κ3) is 4.53. The van der Waals surface area contributed by atoms with Crippen LogP contribution in [-0.2, 0) is 6.42 Å². The molecule has 1 saturated carbocycles. The summed E-state index contributed by atoms with van der Waals surface area (Å²) < 4.78 is 5.65. The van der Waals surface area contributed by atoms with Gasteiger partial charge in [-0.05, 0) is 67.2 Å². The van der Waals surface area contributed by atoms with Crippen LogP contribution in [-0.4, -0.2) is 10.3 Å². The molecule has 1 atom stereocenters. The lowest BCUT2D eigenvalue weighted by Gasteiger charge is -2.12. The van der Waals surface area contributed by atoms with E-state index in [2.05, 4.69) is 78.0 Å². The van der Waals surface area contributed by atoms with Gasteiger partial charge >= 0.3 is 0 Å². The molecule has 4 aromatic rings. The van der Waals surface area contributed by atoms with Crippen molar-refractivity contribution in [2.45, 2.75) is 51.0 Å². The van der Waals surface area contributed by atoms with Crippen molar-refractivity contribution < 1.29 is 9.63 Å². The Bertz CT molecular complexity index is 1160. The Morgan fingerprint density at radius 2 is 1.50 bits per heavy atom. The minimum atomic E-state index is -0.588. The van der Waals surface area contributed by atoms with Gasteiger partial charge in [-0.1, -0.05) is 84.0 Å². The van der Waals surface area contributed by atoms with Gasteiger partial charge in [0, 0.05) is 5.56 Å². The summed E-state index contributed by atoms with van der Waals surface area (Å²) in [6.45, 7) is 1.90. The molecule has 1 fully saturated rings. The molecule has 162 valence electrons. The molecule has 0 saturated heterocycles. The van der Waals surface area contributed by atoms with E-state index in [1.165, 1.54) is 35.1 Å². The van der Waals surface area contributed by atoms with Crippen LogP contribution in [0.2, 0.25) is 0 Å². The average Bonchev–Trinajstić information content (AvgIpc) is 3.61. The van der Waals surface area contributed by atoms with E-state index in [0.717, 1.165) is 35.6 Å². The van der Waals surface area contributed by atoms with Crippen molar-refractivity contribution in [3.8, 4) is 22.5 Å². The first-order valence-electron chi connectivity index (χ1n) is 11.6. The van der Waals surface area contributed by atoms with Crippen molar-refractivity contribution in [1.29, 1.82) is 0 Å². The van der Waals surface area contributed by atoms with Crippen LogP contribution in [0, 0.1) is 6.92 Å². The summed E-state index contributed by atoms with van der Waals surface area (Å²) in [5.41, 5.74) is 7.65. The van der Waals surface area contributed by atoms with Crippen molar-refractivity contribution in [2.75, 3.05) is 0 Å². The molecule has 1 aliphatic rings. The molecule has 1 aromatic heterocycles. The Hall–Kier alpha value is -3.17. The van der Waals surface area contributed by atoms with Gasteiger partial charge in [0.25, 0.3) is 0 Å². The lowest BCUT2D eigenvalue weighted by Crippen LogP contribution is -2.01. The second kappa shape index (κ2) is 9.13. The van der Waals surface area contributed by atoms with Crippen LogP contribution in [0.25, 0.3) is 22.5 Å². The Morgan fingerprint density at radius 1 is 0.875 bits per heavy atom. The summed E-state index contributed by atoms with van der Waals surface area (Å²) in [6.07, 6.45) is 4.59. The Kier molecular flexibility index (Phi) is 5.91. The van der Waals surface area contributed by atoms with Crippen molar-refractivity contribution in [2.24, 2.45) is 0 Å². The lowest BCUT2D eigenvalue weighted by atomic mass is 9.96. The maximum absolute atomic E-state index is 10.9. The highest BCUT2D eigenvalue weighted by atomic mass is 16.5. The minimum absolute atomic E-state index is 0.588. The highest BCUT2D eigenvalue weighted by Crippen LogP contribution is 2.40. The normalized spacial score (nSPS) is 14.4. The zero-order chi connectivity index (χ0) is 21.9. The highest BCUT2D eigenvalue weighted by Gasteiger charge is 2.23. The van der Waals surface area contributed by atoms with Crippen LogP contribution in [0.1, 0.15) is 60.1 Å². The summed E-state index contributed by atoms with van der Waals surface area (Å²) in [6, 6.07) is 27.7. The standard InChI is InChI=1S/C29H29NO2/c1-20-28(27(31)9-5-8-21-6-3-2-4-7-21)29(32-30-20)26-18-16-25(17-19-26)24-14-12-23(13-15-24)22-10-11-22/h2-4,6-7,12-19,22,27,31H,5,8-11H2,1H3. The van der Waals surface area contributed by atoms with Gasteiger partial charge in [-0.15, -0.1) is 0 Å². The van der Waals surface area contributed by atoms with E-state index in [1.807, 2.05) is 13.0 Å². The number of nitrogens with zero attached hydrogens (tertiary/aromatic N) is 1. The summed E-state index contributed by atoms with van der Waals surface area (Å²) >= 11 is 0. The molecule has 0 spiro atoms. The smallest absolute Gasteiger partial charge is 0.172 e. The summed E-state index contributed by atoms with van der Waals surface area (Å²) in [7, 11) is 0. The zero-order valence-corrected chi connectivity index (χ0v) is 18.5. The molecule has 1 heterocycles. The number of hydrogen-bond acceptors (Lipinski definition) is 3. The molecule has 1 aliphatic carbocycles. The Balaban J connectivity index is 1.29. The van der Waals surface area contributed by atoms with Gasteiger partial charge in [-0.25, -0.2) is 0 Å². The van der Waals surface area contributed by atoms with E-state index in [4.69, 9.17) is 4.52 Å². The van der Waals surface area contributed by atoms with Crippen LogP contribution < -0.4 is 0 Å². The van der Waals surface area contributed by atoms with Crippen LogP contribution in [0.15, 0.2) is 83.4 Å². The first-order chi connectivity index (χ1) is 15.7. The quantitative estimate of drug-likeness (QED) is 0.325. The third-order valence-corrected chi connectivity index (χ3v) is 6.47. The molecule has 0 radical (unpaired) electrons. The number of benzene rings is 3. The van der Waals surface area contributed by atoms with Gasteiger partial charge in [0.1, 0.15) is 0 Å². The van der Waals surface area contributed by atoms with Crippen LogP contribution in [0.3, 0.4) is 0 Å². The molecule has 0 bridgehead atoms. The molecule has 32 heavy (non-hydrogen) atoms. The van der Waals surface area contributed by atoms with Gasteiger partial charge in [-0.3, -0.25) is 0 Å². The second-order valence-electron chi connectivity index (χ2n) is 8.88. The molecule has 1 N–H and O–H groups in total. The van der Waals surface area contributed by atoms with Crippen molar-refractivity contribution in [1.82, 2.24) is 5.16 Å². The fourth-order valence-electron chi connectivity index (χ4n) is 4.44. The number of hydrogen-bond donors (Lipinski definition) is 1. The van der Waals surface area contributed by atoms with Crippen molar-refractivity contribution in [3.05, 3.63) is 101 Å². The summed E-state index contributed by atoms with van der Waals surface area (Å²) in [5.74, 6) is 1.45. The SMILES string of the molecule is Cc1noc(-c2ccc(-c3ccc(C4CC4)cc3)cc2)c1C(O)CCCc1ccccc1. The van der Waals surface area contributed by atoms with Crippen LogP contribution in [0.4, 0.5) is 0 Å². The Labute approximate surface area is 189 Å². The summed E-state index contributed by atoms with van der Waals surface area (Å²) in [4.78, 5) is 0. The largest absolute Gasteiger partial charge is 0.388 e. The van der Waals surface area contributed by atoms with Crippen LogP contribution in [0.5, 0.6) is 0 Å². The lowest BCUT2D eigenvalue weighted by molar-refractivity contribution is 0.164. The number of aryl methyl sites for hydroxylation is 2. The first-order valence-corrected chi connectivity index (χ1v) is 11.6. The van der Waals surface area contributed by atoms with E-state index in [9.17, 15) is 5.11 Å². The molecule has 3 nitrogen and oxygen atoms in total. The fraction of sp³-hybridized carbons (Fsp3) is 0.276. The molecule has 0 aliphatic heterocycles. The van der Waals surface area contributed by atoms with Gasteiger partial charge < -0.3 is 9.63 Å². The predicted molar refractivity (Wildman–Crippen MR) is 128 cm³/mol. The molecule has 5 rings (SSSR count). The van der Waals surface area contributed by atoms with Gasteiger partial charge in [-0.2, -0.15) is 0 Å². The molecule has 3 aromatic carbocycles. The minimum Gasteiger partial charge on any atom is -0.388 e. The first kappa shape index (κ1) is 20.7. The van der Waals surface area contributed by atoms with E-state index in [0.29, 0.717) is 12.2 Å². The monoisotopic (exact) mass is 423 g/mol. The molecule has 3 heteroatoms. The topological polar surface area (TPSA) is 46.3 Å². The number of aliphatic hydroxyl groups is 1. The molecule has 1 unspecified atom stereocenters. The zero-order valence-electron chi connectivity index (χ0n) is 18.5. The van der Waals surface area contributed by atoms with E-state index >= 15 is 0 Å². The third-order valence-electron chi connectivity index (χ3n) is 6.47. The number of aromatic nitrogens is 1. The van der Waals surface area contributed by atoms with Gasteiger partial charge in [0.05, 0.1) is 17.4 Å². The highest BCUT2D eigenvalue weighted by molar-refractivity contribution is 5.70. The Morgan fingerprint density at radius 3 is 2.16 bits per heavy atom. The van der Waals surface area contributed by atoms with E-state index < -0.39 is 6.10 Å². The summed E-state index contributed by atoms with van der Waals surface area (Å²) in [5, 5.41) is 15.1. The molecular weight excluding hydrogens is 394 g/mol. The molecular formula is C29H29NO2. The predicted octanol–water partition coefficient (Wildman–Crippen LogP) is 7.25. The number of rotatable bonds is 8. The fourth-order valence-corrected chi connectivity index (χ4v) is 4.44. The second-order valence-corrected chi connectivity index (χ2v) is 8.88. The van der Waals surface area contributed by atoms with Crippen LogP contribution >= 0.6 is 0 Å². The van der Waals surface area contributed by atoms with Gasteiger partial charge in [0.15, 0.2) is 5.76 Å². The number of aliphatic hydroxyl groups excluding tert-OH is 1. The maximum Gasteiger partial charge on any atom is 0.172 e. The average molecular weight is 424 g/mol. The van der Waals surface area contributed by atoms with Crippen molar-refractivity contribution >= 4 is 0 Å². The van der Waals surface area contributed by atoms with Crippen molar-refractivity contribution in [3.63, 3.8) is 0 Å². The van der Waals surface area contributed by atoms with E-state index in [1.54, 1.807) is 0 Å². The maximum atomic E-state index is 10.9. The van der Waals surface area contributed by atoms with E-state index in [-0.39, 0.29) is 0 Å².